The molecule has 1 saturated heterocycles. The number of carboxylic acid groups (broad SMARTS) is 1. The first-order chi connectivity index (χ1) is 8.31. The zero-order valence-electron chi connectivity index (χ0n) is 12.1. The minimum absolute atomic E-state index is 0. The predicted molar refractivity (Wildman–Crippen MR) is 76.5 cm³/mol. The highest BCUT2D eigenvalue weighted by molar-refractivity contribution is 5.85. The number of piperidine rings is 1. The number of hydrogen-bond acceptors (Lipinski definition) is 3. The number of carbonyl (C=O) groups excluding carboxylic acids is 1. The highest BCUT2D eigenvalue weighted by atomic mass is 35.5. The third-order valence-electron chi connectivity index (χ3n) is 3.62. The van der Waals surface area contributed by atoms with Crippen molar-refractivity contribution in [3.05, 3.63) is 0 Å². The molecule has 0 saturated carbocycles. The van der Waals surface area contributed by atoms with Crippen molar-refractivity contribution in [2.75, 3.05) is 26.7 Å². The molecule has 0 aliphatic carbocycles. The lowest BCUT2D eigenvalue weighted by Crippen LogP contribution is -2.48. The summed E-state index contributed by atoms with van der Waals surface area (Å²) < 4.78 is 0. The number of likely N-dealkylation sites (tertiary alicyclic amines) is 1. The fraction of sp³-hybridized carbons (Fsp3) is 0.846. The Labute approximate surface area is 121 Å². The van der Waals surface area contributed by atoms with Gasteiger partial charge in [0.2, 0.25) is 5.91 Å². The van der Waals surface area contributed by atoms with Crippen LogP contribution in [0.2, 0.25) is 0 Å². The molecule has 3 atom stereocenters. The van der Waals surface area contributed by atoms with Gasteiger partial charge in [0.05, 0.1) is 6.54 Å². The van der Waals surface area contributed by atoms with Crippen LogP contribution in [0.5, 0.6) is 0 Å². The van der Waals surface area contributed by atoms with Crippen molar-refractivity contribution < 1.29 is 14.7 Å². The maximum atomic E-state index is 12.1. The molecule has 1 amide bonds. The van der Waals surface area contributed by atoms with Crippen molar-refractivity contribution in [3.63, 3.8) is 0 Å². The average Bonchev–Trinajstić information content (AvgIpc) is 2.26. The van der Waals surface area contributed by atoms with Crippen molar-refractivity contribution in [2.45, 2.75) is 33.2 Å². The Balaban J connectivity index is 0.00000324. The monoisotopic (exact) mass is 292 g/mol. The van der Waals surface area contributed by atoms with E-state index < -0.39 is 12.0 Å². The summed E-state index contributed by atoms with van der Waals surface area (Å²) in [6.45, 7) is 7.65. The van der Waals surface area contributed by atoms with Crippen LogP contribution in [0.3, 0.4) is 0 Å². The Morgan fingerprint density at radius 1 is 1.32 bits per heavy atom. The van der Waals surface area contributed by atoms with Gasteiger partial charge in [-0.3, -0.25) is 14.5 Å². The molecule has 0 radical (unpaired) electrons. The standard InChI is InChI=1S/C13H24N2O3.ClH/c1-9-5-10(2)7-15(6-9)12(16)8-14(4)11(3)13(17)18;/h9-11H,5-8H2,1-4H3,(H,17,18);1H. The zero-order valence-corrected chi connectivity index (χ0v) is 12.9. The van der Waals surface area contributed by atoms with Gasteiger partial charge in [-0.05, 0) is 32.2 Å². The molecule has 1 aliphatic heterocycles. The summed E-state index contributed by atoms with van der Waals surface area (Å²) in [5, 5.41) is 8.89. The maximum absolute atomic E-state index is 12.1. The second kappa shape index (κ2) is 7.70. The molecule has 0 bridgehead atoms. The van der Waals surface area contributed by atoms with Crippen LogP contribution < -0.4 is 0 Å². The molecule has 0 spiro atoms. The fourth-order valence-corrected chi connectivity index (χ4v) is 2.51. The summed E-state index contributed by atoms with van der Waals surface area (Å²) in [7, 11) is 1.67. The largest absolute Gasteiger partial charge is 0.480 e. The number of rotatable bonds is 4. The number of halogens is 1. The summed E-state index contributed by atoms with van der Waals surface area (Å²) in [5.41, 5.74) is 0. The predicted octanol–water partition coefficient (Wildman–Crippen LogP) is 1.32. The van der Waals surface area contributed by atoms with E-state index in [2.05, 4.69) is 13.8 Å². The second-order valence-electron chi connectivity index (χ2n) is 5.67. The number of amides is 1. The van der Waals surface area contributed by atoms with Gasteiger partial charge in [0, 0.05) is 13.1 Å². The molecule has 19 heavy (non-hydrogen) atoms. The smallest absolute Gasteiger partial charge is 0.320 e. The highest BCUT2D eigenvalue weighted by Gasteiger charge is 2.27. The van der Waals surface area contributed by atoms with Gasteiger partial charge < -0.3 is 10.0 Å². The molecule has 3 unspecified atom stereocenters. The van der Waals surface area contributed by atoms with Gasteiger partial charge in [-0.25, -0.2) is 0 Å². The molecular weight excluding hydrogens is 268 g/mol. The van der Waals surface area contributed by atoms with Gasteiger partial charge in [0.1, 0.15) is 6.04 Å². The number of hydrogen-bond donors (Lipinski definition) is 1. The van der Waals surface area contributed by atoms with Crippen molar-refractivity contribution in [2.24, 2.45) is 11.8 Å². The van der Waals surface area contributed by atoms with E-state index in [1.807, 2.05) is 4.90 Å². The third kappa shape index (κ3) is 5.37. The Morgan fingerprint density at radius 3 is 2.21 bits per heavy atom. The van der Waals surface area contributed by atoms with Crippen LogP contribution in [0.25, 0.3) is 0 Å². The van der Waals surface area contributed by atoms with Crippen molar-refractivity contribution >= 4 is 24.3 Å². The molecule has 0 aromatic carbocycles. The maximum Gasteiger partial charge on any atom is 0.320 e. The lowest BCUT2D eigenvalue weighted by atomic mass is 9.92. The minimum Gasteiger partial charge on any atom is -0.480 e. The molecule has 1 fully saturated rings. The summed E-state index contributed by atoms with van der Waals surface area (Å²) in [4.78, 5) is 26.4. The van der Waals surface area contributed by atoms with E-state index >= 15 is 0 Å². The number of nitrogens with zero attached hydrogens (tertiary/aromatic N) is 2. The first-order valence-corrected chi connectivity index (χ1v) is 6.52. The van der Waals surface area contributed by atoms with Crippen LogP contribution in [0.15, 0.2) is 0 Å². The second-order valence-corrected chi connectivity index (χ2v) is 5.67. The number of carbonyl (C=O) groups is 2. The molecule has 6 heteroatoms. The first-order valence-electron chi connectivity index (χ1n) is 6.52. The zero-order chi connectivity index (χ0) is 13.9. The lowest BCUT2D eigenvalue weighted by Gasteiger charge is -2.36. The lowest BCUT2D eigenvalue weighted by molar-refractivity contribution is -0.143. The molecule has 0 aromatic heterocycles. The van der Waals surface area contributed by atoms with E-state index in [0.717, 1.165) is 19.5 Å². The Bertz CT molecular complexity index is 315. The topological polar surface area (TPSA) is 60.9 Å². The molecule has 1 aliphatic rings. The summed E-state index contributed by atoms with van der Waals surface area (Å²) in [5.74, 6) is 0.189. The highest BCUT2D eigenvalue weighted by Crippen LogP contribution is 2.21. The summed E-state index contributed by atoms with van der Waals surface area (Å²) in [6.07, 6.45) is 1.16. The van der Waals surface area contributed by atoms with E-state index in [-0.39, 0.29) is 24.9 Å². The van der Waals surface area contributed by atoms with Crippen LogP contribution in [0.1, 0.15) is 27.2 Å². The van der Waals surface area contributed by atoms with E-state index in [0.29, 0.717) is 11.8 Å². The average molecular weight is 293 g/mol. The normalized spacial score (nSPS) is 24.8. The number of likely N-dealkylation sites (N-methyl/N-ethyl adjacent to an activating group) is 1. The molecule has 0 aromatic rings. The Morgan fingerprint density at radius 2 is 1.79 bits per heavy atom. The number of carboxylic acids is 1. The van der Waals surface area contributed by atoms with Crippen LogP contribution in [-0.4, -0.2) is 59.5 Å². The number of aliphatic carboxylic acids is 1. The Hall–Kier alpha value is -0.810. The van der Waals surface area contributed by atoms with Gasteiger partial charge in [0.15, 0.2) is 0 Å². The molecule has 5 nitrogen and oxygen atoms in total. The minimum atomic E-state index is -0.898. The van der Waals surface area contributed by atoms with E-state index in [9.17, 15) is 9.59 Å². The van der Waals surface area contributed by atoms with Gasteiger partial charge in [-0.1, -0.05) is 13.8 Å². The Kier molecular flexibility index (Phi) is 7.37. The van der Waals surface area contributed by atoms with Crippen molar-refractivity contribution in [1.82, 2.24) is 9.80 Å². The van der Waals surface area contributed by atoms with Gasteiger partial charge in [-0.2, -0.15) is 0 Å². The van der Waals surface area contributed by atoms with Crippen molar-refractivity contribution in [1.29, 1.82) is 0 Å². The molecule has 112 valence electrons. The van der Waals surface area contributed by atoms with Crippen LogP contribution >= 0.6 is 12.4 Å². The van der Waals surface area contributed by atoms with Gasteiger partial charge in [0.25, 0.3) is 0 Å². The van der Waals surface area contributed by atoms with Crippen LogP contribution in [0, 0.1) is 11.8 Å². The van der Waals surface area contributed by atoms with E-state index in [1.54, 1.807) is 18.9 Å². The van der Waals surface area contributed by atoms with E-state index in [4.69, 9.17) is 5.11 Å². The van der Waals surface area contributed by atoms with Gasteiger partial charge >= 0.3 is 5.97 Å². The van der Waals surface area contributed by atoms with E-state index in [1.165, 1.54) is 0 Å². The third-order valence-corrected chi connectivity index (χ3v) is 3.62. The van der Waals surface area contributed by atoms with Crippen molar-refractivity contribution in [3.8, 4) is 0 Å². The summed E-state index contributed by atoms with van der Waals surface area (Å²) in [6, 6.07) is -0.631. The summed E-state index contributed by atoms with van der Waals surface area (Å²) >= 11 is 0. The molecule has 1 N–H and O–H groups in total. The molecule has 1 rings (SSSR count). The fourth-order valence-electron chi connectivity index (χ4n) is 2.51. The first kappa shape index (κ1) is 18.2. The van der Waals surface area contributed by atoms with Gasteiger partial charge in [-0.15, -0.1) is 12.4 Å². The van der Waals surface area contributed by atoms with Crippen LogP contribution in [0.4, 0.5) is 0 Å². The van der Waals surface area contributed by atoms with Crippen LogP contribution in [-0.2, 0) is 9.59 Å². The quantitative estimate of drug-likeness (QED) is 0.849. The molecule has 1 heterocycles. The molecular formula is C13H25ClN2O3. The SMILES string of the molecule is CC1CC(C)CN(C(=O)CN(C)C(C)C(=O)O)C1.Cl.